The molecule has 1 rings (SSSR count). The predicted octanol–water partition coefficient (Wildman–Crippen LogP) is 1.94. The summed E-state index contributed by atoms with van der Waals surface area (Å²) >= 11 is 3.79. The van der Waals surface area contributed by atoms with Gasteiger partial charge in [0, 0.05) is 17.4 Å². The minimum absolute atomic E-state index is 0.0304. The number of aliphatic hydroxyl groups excluding tert-OH is 1. The van der Waals surface area contributed by atoms with Crippen LogP contribution < -0.4 is 4.74 Å². The molecule has 0 saturated carbocycles. The minimum atomic E-state index is -1.11. The molecule has 1 N–H and O–H groups in total. The lowest BCUT2D eigenvalue weighted by Crippen LogP contribution is -2.03. The van der Waals surface area contributed by atoms with Crippen LogP contribution in [-0.4, -0.2) is 18.0 Å². The summed E-state index contributed by atoms with van der Waals surface area (Å²) in [4.78, 5) is 0. The van der Waals surface area contributed by atoms with Crippen LogP contribution >= 0.6 is 12.6 Å². The molecule has 0 aliphatic heterocycles. The maximum Gasteiger partial charge on any atom is 0.165 e. The van der Waals surface area contributed by atoms with Crippen LogP contribution in [0.25, 0.3) is 0 Å². The van der Waals surface area contributed by atoms with Crippen LogP contribution in [0.1, 0.15) is 11.7 Å². The van der Waals surface area contributed by atoms with E-state index < -0.39 is 17.7 Å². The molecule has 1 aromatic carbocycles. The Balaban J connectivity index is 3.14. The van der Waals surface area contributed by atoms with Crippen LogP contribution in [0, 0.1) is 11.6 Å². The van der Waals surface area contributed by atoms with Crippen LogP contribution in [0.5, 0.6) is 5.75 Å². The van der Waals surface area contributed by atoms with Crippen LogP contribution in [0.4, 0.5) is 8.78 Å². The number of hydrogen-bond acceptors (Lipinski definition) is 3. The molecule has 0 amide bonds. The molecule has 0 radical (unpaired) electrons. The van der Waals surface area contributed by atoms with Gasteiger partial charge in [0.1, 0.15) is 5.82 Å². The first-order chi connectivity index (χ1) is 6.60. The molecular weight excluding hydrogens is 210 g/mol. The van der Waals surface area contributed by atoms with Gasteiger partial charge in [0.15, 0.2) is 11.6 Å². The fourth-order valence-corrected chi connectivity index (χ4v) is 1.25. The largest absolute Gasteiger partial charge is 0.494 e. The second-order valence-corrected chi connectivity index (χ2v) is 3.07. The van der Waals surface area contributed by atoms with Crippen LogP contribution in [0.3, 0.4) is 0 Å². The first-order valence-corrected chi connectivity index (χ1v) is 4.55. The molecule has 1 atom stereocenters. The first-order valence-electron chi connectivity index (χ1n) is 3.92. The van der Waals surface area contributed by atoms with Gasteiger partial charge in [-0.3, -0.25) is 0 Å². The van der Waals surface area contributed by atoms with Crippen molar-refractivity contribution in [1.29, 1.82) is 0 Å². The molecular formula is C9H10F2O2S. The van der Waals surface area contributed by atoms with E-state index in [1.807, 2.05) is 0 Å². The lowest BCUT2D eigenvalue weighted by Gasteiger charge is -2.10. The highest BCUT2D eigenvalue weighted by Gasteiger charge is 2.15. The Morgan fingerprint density at radius 1 is 1.43 bits per heavy atom. The van der Waals surface area contributed by atoms with E-state index in [-0.39, 0.29) is 17.1 Å². The van der Waals surface area contributed by atoms with Crippen molar-refractivity contribution in [3.05, 3.63) is 29.3 Å². The summed E-state index contributed by atoms with van der Waals surface area (Å²) in [5.41, 5.74) is -0.113. The number of rotatable bonds is 3. The summed E-state index contributed by atoms with van der Waals surface area (Å²) in [6.45, 7) is 0. The van der Waals surface area contributed by atoms with E-state index in [0.29, 0.717) is 0 Å². The highest BCUT2D eigenvalue weighted by atomic mass is 32.1. The molecule has 1 unspecified atom stereocenters. The summed E-state index contributed by atoms with van der Waals surface area (Å²) in [6.07, 6.45) is -1.11. The van der Waals surface area contributed by atoms with Gasteiger partial charge in [0.05, 0.1) is 13.2 Å². The number of thiol groups is 1. The van der Waals surface area contributed by atoms with E-state index in [4.69, 9.17) is 0 Å². The SMILES string of the molecule is COc1cc(F)c(C(O)CS)cc1F. The van der Waals surface area contributed by atoms with E-state index in [1.165, 1.54) is 7.11 Å². The highest BCUT2D eigenvalue weighted by molar-refractivity contribution is 7.80. The number of aliphatic hydroxyl groups is 1. The molecule has 0 saturated heterocycles. The zero-order chi connectivity index (χ0) is 10.7. The summed E-state index contributed by atoms with van der Waals surface area (Å²) in [5, 5.41) is 9.27. The Morgan fingerprint density at radius 3 is 2.57 bits per heavy atom. The average molecular weight is 220 g/mol. The molecule has 1 aromatic rings. The molecule has 0 aliphatic rings. The zero-order valence-electron chi connectivity index (χ0n) is 7.50. The molecule has 0 aromatic heterocycles. The number of benzene rings is 1. The molecule has 5 heteroatoms. The van der Waals surface area contributed by atoms with E-state index >= 15 is 0 Å². The monoisotopic (exact) mass is 220 g/mol. The highest BCUT2D eigenvalue weighted by Crippen LogP contribution is 2.25. The maximum atomic E-state index is 13.2. The van der Waals surface area contributed by atoms with Crippen LogP contribution in [0.2, 0.25) is 0 Å². The fraction of sp³-hybridized carbons (Fsp3) is 0.333. The molecule has 0 aliphatic carbocycles. The Kier molecular flexibility index (Phi) is 3.71. The van der Waals surface area contributed by atoms with Gasteiger partial charge < -0.3 is 9.84 Å². The molecule has 78 valence electrons. The normalized spacial score (nSPS) is 12.6. The van der Waals surface area contributed by atoms with Crippen molar-refractivity contribution in [2.45, 2.75) is 6.10 Å². The third kappa shape index (κ3) is 2.16. The maximum absolute atomic E-state index is 13.2. The smallest absolute Gasteiger partial charge is 0.165 e. The fourth-order valence-electron chi connectivity index (χ4n) is 1.05. The number of methoxy groups -OCH3 is 1. The quantitative estimate of drug-likeness (QED) is 0.762. The van der Waals surface area contributed by atoms with E-state index in [1.54, 1.807) is 0 Å². The number of ether oxygens (including phenoxy) is 1. The first kappa shape index (κ1) is 11.3. The number of hydrogen-bond donors (Lipinski definition) is 2. The van der Waals surface area contributed by atoms with Gasteiger partial charge in [-0.2, -0.15) is 12.6 Å². The molecule has 0 spiro atoms. The molecule has 0 heterocycles. The predicted molar refractivity (Wildman–Crippen MR) is 51.7 cm³/mol. The van der Waals surface area contributed by atoms with Gasteiger partial charge in [0.2, 0.25) is 0 Å². The summed E-state index contributed by atoms with van der Waals surface area (Å²) in [5.74, 6) is -1.56. The van der Waals surface area contributed by atoms with Crippen molar-refractivity contribution in [1.82, 2.24) is 0 Å². The lowest BCUT2D eigenvalue weighted by molar-refractivity contribution is 0.198. The second-order valence-electron chi connectivity index (χ2n) is 2.71. The van der Waals surface area contributed by atoms with Crippen molar-refractivity contribution in [3.63, 3.8) is 0 Å². The lowest BCUT2D eigenvalue weighted by atomic mass is 10.1. The summed E-state index contributed by atoms with van der Waals surface area (Å²) < 4.78 is 30.9. The van der Waals surface area contributed by atoms with Gasteiger partial charge in [-0.25, -0.2) is 8.78 Å². The average Bonchev–Trinajstić information content (AvgIpc) is 2.19. The Labute approximate surface area is 85.9 Å². The standard InChI is InChI=1S/C9H10F2O2S/c1-13-9-3-6(10)5(2-7(9)11)8(12)4-14/h2-3,8,12,14H,4H2,1H3. The molecule has 2 nitrogen and oxygen atoms in total. The van der Waals surface area contributed by atoms with Crippen molar-refractivity contribution < 1.29 is 18.6 Å². The third-order valence-corrected chi connectivity index (χ3v) is 2.15. The van der Waals surface area contributed by atoms with Crippen molar-refractivity contribution >= 4 is 12.6 Å². The number of halogens is 2. The van der Waals surface area contributed by atoms with Crippen LogP contribution in [-0.2, 0) is 0 Å². The molecule has 0 bridgehead atoms. The zero-order valence-corrected chi connectivity index (χ0v) is 8.39. The van der Waals surface area contributed by atoms with E-state index in [9.17, 15) is 13.9 Å². The van der Waals surface area contributed by atoms with Gasteiger partial charge in [-0.05, 0) is 6.07 Å². The minimum Gasteiger partial charge on any atom is -0.494 e. The molecule has 14 heavy (non-hydrogen) atoms. The summed E-state index contributed by atoms with van der Waals surface area (Å²) in [6, 6.07) is 1.81. The summed E-state index contributed by atoms with van der Waals surface area (Å²) in [7, 11) is 1.24. The Hall–Kier alpha value is -0.810. The van der Waals surface area contributed by atoms with Crippen LogP contribution in [0.15, 0.2) is 12.1 Å². The Morgan fingerprint density at radius 2 is 2.07 bits per heavy atom. The van der Waals surface area contributed by atoms with E-state index in [2.05, 4.69) is 17.4 Å². The van der Waals surface area contributed by atoms with Crippen molar-refractivity contribution in [2.75, 3.05) is 12.9 Å². The molecule has 0 fully saturated rings. The van der Waals surface area contributed by atoms with Gasteiger partial charge >= 0.3 is 0 Å². The second kappa shape index (κ2) is 4.61. The van der Waals surface area contributed by atoms with Crippen molar-refractivity contribution in [3.8, 4) is 5.75 Å². The third-order valence-electron chi connectivity index (χ3n) is 1.80. The van der Waals surface area contributed by atoms with Gasteiger partial charge in [-0.15, -0.1) is 0 Å². The van der Waals surface area contributed by atoms with E-state index in [0.717, 1.165) is 12.1 Å². The van der Waals surface area contributed by atoms with Gasteiger partial charge in [-0.1, -0.05) is 0 Å². The Bertz CT molecular complexity index is 331. The van der Waals surface area contributed by atoms with Gasteiger partial charge in [0.25, 0.3) is 0 Å². The van der Waals surface area contributed by atoms with Crippen molar-refractivity contribution in [2.24, 2.45) is 0 Å². The topological polar surface area (TPSA) is 29.5 Å².